The number of allylic oxidation sites excluding steroid dienone is 1. The van der Waals surface area contributed by atoms with Crippen LogP contribution in [0.2, 0.25) is 0 Å². The molecule has 0 amide bonds. The van der Waals surface area contributed by atoms with Gasteiger partial charge in [0.2, 0.25) is 10.0 Å². The highest BCUT2D eigenvalue weighted by molar-refractivity contribution is 7.89. The van der Waals surface area contributed by atoms with E-state index >= 15 is 0 Å². The topological polar surface area (TPSA) is 71.8 Å². The molecule has 26 heavy (non-hydrogen) atoms. The van der Waals surface area contributed by atoms with Crippen molar-refractivity contribution in [3.8, 4) is 0 Å². The largest absolute Gasteiger partial charge is 0.290 e. The Bertz CT molecular complexity index is 1120. The molecule has 0 atom stereocenters. The molecular formula is C18H19N3O3S2. The molecule has 0 aliphatic heterocycles. The molecule has 6 nitrogen and oxygen atoms in total. The summed E-state index contributed by atoms with van der Waals surface area (Å²) in [5.41, 5.74) is 2.00. The van der Waals surface area contributed by atoms with Crippen LogP contribution in [0.25, 0.3) is 11.0 Å². The molecular weight excluding hydrogens is 370 g/mol. The predicted octanol–water partition coefficient (Wildman–Crippen LogP) is 3.16. The van der Waals surface area contributed by atoms with E-state index in [0.29, 0.717) is 5.56 Å². The molecule has 0 saturated heterocycles. The Kier molecular flexibility index (Phi) is 4.83. The molecule has 0 saturated carbocycles. The lowest BCUT2D eigenvalue weighted by atomic mass is 10.1. The summed E-state index contributed by atoms with van der Waals surface area (Å²) >= 11 is 1.59. The summed E-state index contributed by atoms with van der Waals surface area (Å²) in [4.78, 5) is 19.1. The summed E-state index contributed by atoms with van der Waals surface area (Å²) in [5.74, 6) is -0.262. The van der Waals surface area contributed by atoms with Gasteiger partial charge in [-0.15, -0.1) is 11.3 Å². The number of rotatable bonds is 5. The van der Waals surface area contributed by atoms with Crippen LogP contribution in [-0.2, 0) is 10.0 Å². The van der Waals surface area contributed by atoms with Crippen molar-refractivity contribution in [1.29, 1.82) is 0 Å². The number of fused-ring (bicyclic) bond motifs is 1. The first-order valence-corrected chi connectivity index (χ1v) is 10.2. The third kappa shape index (κ3) is 3.35. The number of hydrogen-bond acceptors (Lipinski definition) is 5. The summed E-state index contributed by atoms with van der Waals surface area (Å²) in [7, 11) is -0.662. The van der Waals surface area contributed by atoms with E-state index in [-0.39, 0.29) is 10.7 Å². The smallest absolute Gasteiger partial charge is 0.242 e. The average molecular weight is 390 g/mol. The van der Waals surface area contributed by atoms with Crippen LogP contribution in [0.4, 0.5) is 0 Å². The molecule has 0 bridgehead atoms. The summed E-state index contributed by atoms with van der Waals surface area (Å²) < 4.78 is 27.5. The SMILES string of the molecule is Cc1cn2c(/C=C/C(=O)c3cccc(S(=O)(=O)N(C)C)c3)c(C)nc2s1. The number of hydrogen-bond donors (Lipinski definition) is 0. The Hall–Kier alpha value is -2.29. The van der Waals surface area contributed by atoms with E-state index in [1.807, 2.05) is 24.4 Å². The van der Waals surface area contributed by atoms with Gasteiger partial charge in [-0.25, -0.2) is 17.7 Å². The van der Waals surface area contributed by atoms with Crippen LogP contribution in [0.5, 0.6) is 0 Å². The van der Waals surface area contributed by atoms with Crippen LogP contribution in [0, 0.1) is 13.8 Å². The molecule has 0 N–H and O–H groups in total. The van der Waals surface area contributed by atoms with Crippen molar-refractivity contribution >= 4 is 38.2 Å². The molecule has 3 aromatic rings. The quantitative estimate of drug-likeness (QED) is 0.496. The van der Waals surface area contributed by atoms with Gasteiger partial charge >= 0.3 is 0 Å². The molecule has 0 aliphatic rings. The third-order valence-corrected chi connectivity index (χ3v) is 6.66. The van der Waals surface area contributed by atoms with Crippen LogP contribution in [0.15, 0.2) is 41.4 Å². The second-order valence-electron chi connectivity index (χ2n) is 6.09. The highest BCUT2D eigenvalue weighted by Crippen LogP contribution is 2.22. The maximum Gasteiger partial charge on any atom is 0.242 e. The number of nitrogens with zero attached hydrogens (tertiary/aromatic N) is 3. The number of carbonyl (C=O) groups excluding carboxylic acids is 1. The number of aromatic nitrogens is 2. The van der Waals surface area contributed by atoms with E-state index in [0.717, 1.165) is 25.5 Å². The zero-order chi connectivity index (χ0) is 19.1. The van der Waals surface area contributed by atoms with Gasteiger partial charge in [0.05, 0.1) is 16.3 Å². The lowest BCUT2D eigenvalue weighted by Crippen LogP contribution is -2.22. The molecule has 136 valence electrons. The van der Waals surface area contributed by atoms with E-state index in [2.05, 4.69) is 4.98 Å². The van der Waals surface area contributed by atoms with E-state index in [9.17, 15) is 13.2 Å². The number of imidazole rings is 1. The first kappa shape index (κ1) is 18.5. The van der Waals surface area contributed by atoms with E-state index in [1.54, 1.807) is 29.5 Å². The van der Waals surface area contributed by atoms with Crippen molar-refractivity contribution in [2.24, 2.45) is 0 Å². The van der Waals surface area contributed by atoms with Crippen molar-refractivity contribution in [3.63, 3.8) is 0 Å². The molecule has 0 radical (unpaired) electrons. The summed E-state index contributed by atoms with van der Waals surface area (Å²) in [6.07, 6.45) is 5.15. The maximum atomic E-state index is 12.5. The molecule has 0 fully saturated rings. The number of aryl methyl sites for hydroxylation is 2. The van der Waals surface area contributed by atoms with E-state index < -0.39 is 10.0 Å². The Morgan fingerprint density at radius 2 is 2.00 bits per heavy atom. The second-order valence-corrected chi connectivity index (χ2v) is 9.45. The molecule has 8 heteroatoms. The fraction of sp³-hybridized carbons (Fsp3) is 0.222. The monoisotopic (exact) mass is 389 g/mol. The summed E-state index contributed by atoms with van der Waals surface area (Å²) in [6, 6.07) is 6.06. The molecule has 0 spiro atoms. The molecule has 2 heterocycles. The summed E-state index contributed by atoms with van der Waals surface area (Å²) in [6.45, 7) is 3.90. The first-order valence-electron chi connectivity index (χ1n) is 7.90. The van der Waals surface area contributed by atoms with Gasteiger partial charge in [0, 0.05) is 30.7 Å². The third-order valence-electron chi connectivity index (χ3n) is 3.95. The van der Waals surface area contributed by atoms with Gasteiger partial charge in [-0.2, -0.15) is 0 Å². The zero-order valence-corrected chi connectivity index (χ0v) is 16.6. The Morgan fingerprint density at radius 1 is 1.27 bits per heavy atom. The number of thiazole rings is 1. The molecule has 3 rings (SSSR count). The fourth-order valence-corrected chi connectivity index (χ4v) is 4.38. The van der Waals surface area contributed by atoms with E-state index in [4.69, 9.17) is 0 Å². The highest BCUT2D eigenvalue weighted by Gasteiger charge is 2.18. The maximum absolute atomic E-state index is 12.5. The zero-order valence-electron chi connectivity index (χ0n) is 14.9. The standard InChI is InChI=1S/C18H19N3O3S2/c1-12-11-21-16(13(2)19-18(21)25-12)8-9-17(22)14-6-5-7-15(10-14)26(23,24)20(3)4/h5-11H,1-4H3/b9-8+. The molecule has 2 aromatic heterocycles. The van der Waals surface area contributed by atoms with E-state index in [1.165, 1.54) is 32.3 Å². The molecule has 1 aromatic carbocycles. The molecule has 0 aliphatic carbocycles. The van der Waals surface area contributed by atoms with Gasteiger partial charge in [0.25, 0.3) is 0 Å². The van der Waals surface area contributed by atoms with Crippen molar-refractivity contribution in [3.05, 3.63) is 58.4 Å². The minimum atomic E-state index is -3.58. The van der Waals surface area contributed by atoms with Crippen molar-refractivity contribution in [2.45, 2.75) is 18.7 Å². The predicted molar refractivity (Wildman–Crippen MR) is 103 cm³/mol. The number of benzene rings is 1. The van der Waals surface area contributed by atoms with Crippen LogP contribution in [-0.4, -0.2) is 42.0 Å². The van der Waals surface area contributed by atoms with Gasteiger partial charge in [0.15, 0.2) is 10.7 Å². The highest BCUT2D eigenvalue weighted by atomic mass is 32.2. The Labute approximate surface area is 156 Å². The minimum absolute atomic E-state index is 0.0955. The van der Waals surface area contributed by atoms with Crippen LogP contribution < -0.4 is 0 Å². The van der Waals surface area contributed by atoms with Crippen LogP contribution >= 0.6 is 11.3 Å². The summed E-state index contributed by atoms with van der Waals surface area (Å²) in [5, 5.41) is 0. The van der Waals surface area contributed by atoms with Gasteiger partial charge in [-0.1, -0.05) is 12.1 Å². The Balaban J connectivity index is 1.93. The Morgan fingerprint density at radius 3 is 2.69 bits per heavy atom. The number of sulfonamides is 1. The number of ketones is 1. The fourth-order valence-electron chi connectivity index (χ4n) is 2.55. The second kappa shape index (κ2) is 6.79. The van der Waals surface area contributed by atoms with Gasteiger partial charge in [-0.3, -0.25) is 9.20 Å². The van der Waals surface area contributed by atoms with Gasteiger partial charge < -0.3 is 0 Å². The average Bonchev–Trinajstić information content (AvgIpc) is 3.07. The van der Waals surface area contributed by atoms with Crippen molar-refractivity contribution < 1.29 is 13.2 Å². The normalized spacial score (nSPS) is 12.5. The minimum Gasteiger partial charge on any atom is -0.290 e. The van der Waals surface area contributed by atoms with Gasteiger partial charge in [-0.05, 0) is 38.1 Å². The lowest BCUT2D eigenvalue weighted by Gasteiger charge is -2.11. The van der Waals surface area contributed by atoms with Crippen molar-refractivity contribution in [2.75, 3.05) is 14.1 Å². The first-order chi connectivity index (χ1) is 12.2. The lowest BCUT2D eigenvalue weighted by molar-refractivity contribution is 0.104. The van der Waals surface area contributed by atoms with Crippen LogP contribution in [0.3, 0.4) is 0 Å². The number of carbonyl (C=O) groups is 1. The van der Waals surface area contributed by atoms with Crippen LogP contribution in [0.1, 0.15) is 26.6 Å². The van der Waals surface area contributed by atoms with Gasteiger partial charge in [0.1, 0.15) is 0 Å². The van der Waals surface area contributed by atoms with Crippen molar-refractivity contribution in [1.82, 2.24) is 13.7 Å². The molecule has 0 unspecified atom stereocenters.